The maximum Gasteiger partial charge on any atom is 0.310 e. The molecule has 1 aliphatic heterocycles. The third kappa shape index (κ3) is 3.43. The molecule has 1 atom stereocenters. The van der Waals surface area contributed by atoms with Crippen LogP contribution in [0.1, 0.15) is 26.5 Å². The number of nitrogens with zero attached hydrogens (tertiary/aromatic N) is 1. The Balaban J connectivity index is 2.09. The summed E-state index contributed by atoms with van der Waals surface area (Å²) in [6.07, 6.45) is 0.655. The summed E-state index contributed by atoms with van der Waals surface area (Å²) in [6.45, 7) is 3.23. The Hall–Kier alpha value is -1.84. The quantitative estimate of drug-likeness (QED) is 0.653. The number of nitrogens with two attached hydrogens (primary N) is 1. The Morgan fingerprint density at radius 1 is 1.57 bits per heavy atom. The fourth-order valence-electron chi connectivity index (χ4n) is 2.30. The Morgan fingerprint density at radius 2 is 2.33 bits per heavy atom. The molecule has 0 saturated carbocycles. The second kappa shape index (κ2) is 6.74. The molecule has 1 aromatic rings. The highest BCUT2D eigenvalue weighted by atomic mass is 32.1. The minimum atomic E-state index is -0.248. The van der Waals surface area contributed by atoms with Crippen LogP contribution in [-0.4, -0.2) is 43.5 Å². The lowest BCUT2D eigenvalue weighted by atomic mass is 10.1. The number of rotatable bonds is 2. The second-order valence-electron chi connectivity index (χ2n) is 4.89. The zero-order valence-corrected chi connectivity index (χ0v) is 13.0. The van der Waals surface area contributed by atoms with E-state index in [1.54, 1.807) is 4.90 Å². The summed E-state index contributed by atoms with van der Waals surface area (Å²) in [6, 6.07) is 1.85. The number of aryl methyl sites for hydroxylation is 1. The number of amides is 1. The first-order valence-corrected chi connectivity index (χ1v) is 7.55. The fourth-order valence-corrected chi connectivity index (χ4v) is 3.32. The van der Waals surface area contributed by atoms with Gasteiger partial charge in [-0.15, -0.1) is 11.3 Å². The summed E-state index contributed by atoms with van der Waals surface area (Å²) in [5, 5.41) is 0. The fraction of sp³-hybridized carbons (Fsp3) is 0.467. The van der Waals surface area contributed by atoms with Gasteiger partial charge in [-0.3, -0.25) is 9.59 Å². The number of hydrogen-bond donors (Lipinski definition) is 1. The van der Waals surface area contributed by atoms with Crippen molar-refractivity contribution in [2.24, 2.45) is 11.7 Å². The zero-order valence-electron chi connectivity index (χ0n) is 12.1. The Labute approximate surface area is 128 Å². The maximum absolute atomic E-state index is 12.5. The first-order valence-electron chi connectivity index (χ1n) is 6.73. The van der Waals surface area contributed by atoms with Crippen molar-refractivity contribution >= 4 is 23.2 Å². The Kier molecular flexibility index (Phi) is 4.99. The van der Waals surface area contributed by atoms with Crippen molar-refractivity contribution in [3.8, 4) is 11.8 Å². The summed E-state index contributed by atoms with van der Waals surface area (Å²) in [7, 11) is 1.37. The van der Waals surface area contributed by atoms with Crippen molar-refractivity contribution in [1.82, 2.24) is 4.90 Å². The van der Waals surface area contributed by atoms with Gasteiger partial charge in [0, 0.05) is 13.1 Å². The molecule has 1 amide bonds. The van der Waals surface area contributed by atoms with E-state index >= 15 is 0 Å². The molecular weight excluding hydrogens is 288 g/mol. The van der Waals surface area contributed by atoms with Crippen LogP contribution >= 0.6 is 11.3 Å². The summed E-state index contributed by atoms with van der Waals surface area (Å²) >= 11 is 1.37. The predicted octanol–water partition coefficient (Wildman–Crippen LogP) is 1.00. The van der Waals surface area contributed by atoms with Crippen LogP contribution in [0, 0.1) is 24.7 Å². The van der Waals surface area contributed by atoms with E-state index in [1.165, 1.54) is 18.4 Å². The standard InChI is InChI=1S/C15H18N2O3S/c1-10-8-13(21-12(10)4-3-6-16)14(18)17-7-5-11(9-17)15(19)20-2/h8,11H,5-7,9,16H2,1-2H3. The SMILES string of the molecule is COC(=O)C1CCN(C(=O)c2cc(C)c(C#CCN)s2)C1. The first kappa shape index (κ1) is 15.5. The van der Waals surface area contributed by atoms with Crippen LogP contribution < -0.4 is 5.73 Å². The number of thiophene rings is 1. The maximum atomic E-state index is 12.5. The number of carbonyl (C=O) groups is 2. The predicted molar refractivity (Wildman–Crippen MR) is 81.0 cm³/mol. The van der Waals surface area contributed by atoms with Gasteiger partial charge in [0.2, 0.25) is 0 Å². The lowest BCUT2D eigenvalue weighted by Crippen LogP contribution is -2.29. The molecule has 2 heterocycles. The highest BCUT2D eigenvalue weighted by molar-refractivity contribution is 7.14. The monoisotopic (exact) mass is 306 g/mol. The van der Waals surface area contributed by atoms with Crippen LogP contribution in [-0.2, 0) is 9.53 Å². The molecule has 2 rings (SSSR count). The number of methoxy groups -OCH3 is 1. The number of likely N-dealkylation sites (tertiary alicyclic amines) is 1. The molecular formula is C15H18N2O3S. The molecule has 1 aliphatic rings. The lowest BCUT2D eigenvalue weighted by Gasteiger charge is -2.14. The largest absolute Gasteiger partial charge is 0.469 e. The molecule has 21 heavy (non-hydrogen) atoms. The smallest absolute Gasteiger partial charge is 0.310 e. The number of esters is 1. The topological polar surface area (TPSA) is 72.6 Å². The molecule has 0 aliphatic carbocycles. The number of hydrogen-bond acceptors (Lipinski definition) is 5. The van der Waals surface area contributed by atoms with E-state index in [-0.39, 0.29) is 17.8 Å². The summed E-state index contributed by atoms with van der Waals surface area (Å²) in [4.78, 5) is 27.2. The molecule has 0 bridgehead atoms. The van der Waals surface area contributed by atoms with Gasteiger partial charge < -0.3 is 15.4 Å². The van der Waals surface area contributed by atoms with Crippen molar-refractivity contribution in [2.75, 3.05) is 26.7 Å². The Morgan fingerprint density at radius 3 is 3.00 bits per heavy atom. The molecule has 6 heteroatoms. The molecule has 5 nitrogen and oxygen atoms in total. The van der Waals surface area contributed by atoms with E-state index in [4.69, 9.17) is 10.5 Å². The van der Waals surface area contributed by atoms with Crippen LogP contribution in [0.25, 0.3) is 0 Å². The molecule has 0 aromatic carbocycles. The molecule has 1 unspecified atom stereocenters. The van der Waals surface area contributed by atoms with E-state index < -0.39 is 0 Å². The van der Waals surface area contributed by atoms with Crippen LogP contribution in [0.5, 0.6) is 0 Å². The van der Waals surface area contributed by atoms with Crippen molar-refractivity contribution in [1.29, 1.82) is 0 Å². The van der Waals surface area contributed by atoms with Gasteiger partial charge in [-0.25, -0.2) is 0 Å². The molecule has 1 fully saturated rings. The molecule has 0 spiro atoms. The van der Waals surface area contributed by atoms with E-state index in [2.05, 4.69) is 11.8 Å². The molecule has 0 radical (unpaired) electrons. The van der Waals surface area contributed by atoms with E-state index in [1.807, 2.05) is 13.0 Å². The van der Waals surface area contributed by atoms with E-state index in [9.17, 15) is 9.59 Å². The van der Waals surface area contributed by atoms with Gasteiger partial charge in [-0.2, -0.15) is 0 Å². The average molecular weight is 306 g/mol. The molecule has 1 saturated heterocycles. The van der Waals surface area contributed by atoms with E-state index in [0.29, 0.717) is 30.9 Å². The number of ether oxygens (including phenoxy) is 1. The van der Waals surface area contributed by atoms with Gasteiger partial charge in [0.05, 0.1) is 29.3 Å². The van der Waals surface area contributed by atoms with E-state index in [0.717, 1.165) is 10.4 Å². The van der Waals surface area contributed by atoms with Gasteiger partial charge in [0.1, 0.15) is 0 Å². The normalized spacial score (nSPS) is 17.3. The van der Waals surface area contributed by atoms with Crippen LogP contribution in [0.15, 0.2) is 6.07 Å². The highest BCUT2D eigenvalue weighted by Crippen LogP contribution is 2.25. The molecule has 2 N–H and O–H groups in total. The third-order valence-electron chi connectivity index (χ3n) is 3.44. The van der Waals surface area contributed by atoms with Crippen molar-refractivity contribution in [2.45, 2.75) is 13.3 Å². The van der Waals surface area contributed by atoms with Crippen molar-refractivity contribution in [3.63, 3.8) is 0 Å². The second-order valence-corrected chi connectivity index (χ2v) is 5.94. The third-order valence-corrected chi connectivity index (χ3v) is 4.58. The Bertz CT molecular complexity index is 612. The highest BCUT2D eigenvalue weighted by Gasteiger charge is 2.32. The average Bonchev–Trinajstić information content (AvgIpc) is 3.10. The zero-order chi connectivity index (χ0) is 15.4. The van der Waals surface area contributed by atoms with Crippen LogP contribution in [0.2, 0.25) is 0 Å². The van der Waals surface area contributed by atoms with Gasteiger partial charge in [0.15, 0.2) is 0 Å². The molecule has 1 aromatic heterocycles. The summed E-state index contributed by atoms with van der Waals surface area (Å²) in [5.74, 6) is 5.27. The minimum absolute atomic E-state index is 0.0460. The minimum Gasteiger partial charge on any atom is -0.469 e. The van der Waals surface area contributed by atoms with Gasteiger partial charge >= 0.3 is 5.97 Å². The molecule has 112 valence electrons. The van der Waals surface area contributed by atoms with Gasteiger partial charge in [0.25, 0.3) is 5.91 Å². The van der Waals surface area contributed by atoms with Crippen molar-refractivity contribution in [3.05, 3.63) is 21.4 Å². The van der Waals surface area contributed by atoms with Crippen molar-refractivity contribution < 1.29 is 14.3 Å². The van der Waals surface area contributed by atoms with Gasteiger partial charge in [-0.1, -0.05) is 11.8 Å². The lowest BCUT2D eigenvalue weighted by molar-refractivity contribution is -0.144. The van der Waals surface area contributed by atoms with Gasteiger partial charge in [-0.05, 0) is 25.0 Å². The number of carbonyl (C=O) groups excluding carboxylic acids is 2. The van der Waals surface area contributed by atoms with Crippen LogP contribution in [0.4, 0.5) is 0 Å². The summed E-state index contributed by atoms with van der Waals surface area (Å²) < 4.78 is 4.73. The first-order chi connectivity index (χ1) is 10.1. The van der Waals surface area contributed by atoms with Crippen LogP contribution in [0.3, 0.4) is 0 Å². The summed E-state index contributed by atoms with van der Waals surface area (Å²) in [5.41, 5.74) is 6.34.